The van der Waals surface area contributed by atoms with Crippen LogP contribution in [0.3, 0.4) is 0 Å². The first kappa shape index (κ1) is 12.7. The van der Waals surface area contributed by atoms with Gasteiger partial charge in [-0.3, -0.25) is 4.79 Å². The summed E-state index contributed by atoms with van der Waals surface area (Å²) in [6, 6.07) is -0.377. The summed E-state index contributed by atoms with van der Waals surface area (Å²) in [4.78, 5) is 17.7. The number of hydrogen-bond acceptors (Lipinski definition) is 3. The van der Waals surface area contributed by atoms with Gasteiger partial charge in [0.05, 0.1) is 12.0 Å². The third-order valence-electron chi connectivity index (χ3n) is 2.79. The zero-order chi connectivity index (χ0) is 12.3. The normalized spacial score (nSPS) is 14.6. The van der Waals surface area contributed by atoms with E-state index in [0.29, 0.717) is 6.54 Å². The molecular weight excluding hydrogens is 204 g/mol. The lowest BCUT2D eigenvalue weighted by molar-refractivity contribution is -0.132. The molecule has 1 unspecified atom stereocenters. The van der Waals surface area contributed by atoms with Gasteiger partial charge in [0.1, 0.15) is 6.04 Å². The van der Waals surface area contributed by atoms with E-state index in [1.165, 1.54) is 0 Å². The lowest BCUT2D eigenvalue weighted by atomic mass is 10.2. The summed E-state index contributed by atoms with van der Waals surface area (Å²) in [6.45, 7) is 6.40. The van der Waals surface area contributed by atoms with Gasteiger partial charge in [0.15, 0.2) is 0 Å². The van der Waals surface area contributed by atoms with Crippen LogP contribution in [0.25, 0.3) is 0 Å². The van der Waals surface area contributed by atoms with Crippen LogP contribution in [-0.2, 0) is 4.79 Å². The van der Waals surface area contributed by atoms with Gasteiger partial charge in [0, 0.05) is 25.8 Å². The second-order valence-electron chi connectivity index (χ2n) is 4.04. The Morgan fingerprint density at radius 1 is 1.62 bits per heavy atom. The van der Waals surface area contributed by atoms with Gasteiger partial charge in [-0.1, -0.05) is 0 Å². The highest BCUT2D eigenvalue weighted by Gasteiger charge is 2.21. The summed E-state index contributed by atoms with van der Waals surface area (Å²) in [5.74, 6) is 0.0717. The molecule has 1 heterocycles. The number of amides is 1. The van der Waals surface area contributed by atoms with Gasteiger partial charge in [-0.25, -0.2) is 4.98 Å². The number of hydrogen-bond donors (Lipinski definition) is 1. The van der Waals surface area contributed by atoms with E-state index < -0.39 is 0 Å². The number of imidazole rings is 1. The van der Waals surface area contributed by atoms with Crippen LogP contribution in [0.1, 0.15) is 38.5 Å². The van der Waals surface area contributed by atoms with Gasteiger partial charge in [-0.05, 0) is 20.8 Å². The van der Waals surface area contributed by atoms with Crippen LogP contribution in [0.15, 0.2) is 12.5 Å². The van der Waals surface area contributed by atoms with E-state index in [-0.39, 0.29) is 18.0 Å². The molecule has 90 valence electrons. The predicted molar refractivity (Wildman–Crippen MR) is 62.9 cm³/mol. The van der Waals surface area contributed by atoms with Crippen LogP contribution >= 0.6 is 0 Å². The highest BCUT2D eigenvalue weighted by atomic mass is 16.2. The van der Waals surface area contributed by atoms with Crippen LogP contribution in [0.2, 0.25) is 0 Å². The molecule has 16 heavy (non-hydrogen) atoms. The molecule has 0 saturated heterocycles. The number of likely N-dealkylation sites (N-methyl/N-ethyl adjacent to an activating group) is 1. The minimum atomic E-state index is -0.256. The third kappa shape index (κ3) is 2.41. The number of rotatable bonds is 4. The maximum absolute atomic E-state index is 12.0. The second-order valence-corrected chi connectivity index (χ2v) is 4.04. The van der Waals surface area contributed by atoms with Crippen molar-refractivity contribution >= 4 is 5.91 Å². The zero-order valence-electron chi connectivity index (χ0n) is 10.3. The molecule has 0 fully saturated rings. The van der Waals surface area contributed by atoms with Gasteiger partial charge in [-0.2, -0.15) is 0 Å². The molecule has 0 aliphatic heterocycles. The van der Waals surface area contributed by atoms with E-state index in [0.717, 1.165) is 5.69 Å². The van der Waals surface area contributed by atoms with Crippen molar-refractivity contribution in [2.45, 2.75) is 32.9 Å². The van der Waals surface area contributed by atoms with Crippen molar-refractivity contribution in [1.29, 1.82) is 0 Å². The molecule has 0 radical (unpaired) electrons. The quantitative estimate of drug-likeness (QED) is 0.828. The smallest absolute Gasteiger partial charge is 0.245 e. The van der Waals surface area contributed by atoms with E-state index in [9.17, 15) is 4.79 Å². The fourth-order valence-electron chi connectivity index (χ4n) is 1.58. The Morgan fingerprint density at radius 2 is 2.25 bits per heavy atom. The van der Waals surface area contributed by atoms with E-state index >= 15 is 0 Å². The molecule has 0 aliphatic rings. The van der Waals surface area contributed by atoms with Crippen molar-refractivity contribution in [3.8, 4) is 0 Å². The summed E-state index contributed by atoms with van der Waals surface area (Å²) in [6.07, 6.45) is 3.37. The molecule has 0 aromatic carbocycles. The maximum atomic E-state index is 12.0. The monoisotopic (exact) mass is 224 g/mol. The van der Waals surface area contributed by atoms with Crippen LogP contribution in [0.4, 0.5) is 0 Å². The van der Waals surface area contributed by atoms with Gasteiger partial charge in [-0.15, -0.1) is 0 Å². The fourth-order valence-corrected chi connectivity index (χ4v) is 1.58. The van der Waals surface area contributed by atoms with E-state index in [4.69, 9.17) is 5.73 Å². The molecule has 0 aliphatic carbocycles. The van der Waals surface area contributed by atoms with E-state index in [1.807, 2.05) is 25.3 Å². The zero-order valence-corrected chi connectivity index (χ0v) is 10.3. The minimum absolute atomic E-state index is 0.0717. The summed E-state index contributed by atoms with van der Waals surface area (Å²) < 4.78 is 1.83. The minimum Gasteiger partial charge on any atom is -0.344 e. The Balaban J connectivity index is 2.92. The first-order chi connectivity index (χ1) is 7.49. The van der Waals surface area contributed by atoms with Crippen molar-refractivity contribution in [2.24, 2.45) is 5.73 Å². The van der Waals surface area contributed by atoms with Crippen molar-refractivity contribution in [2.75, 3.05) is 13.6 Å². The highest BCUT2D eigenvalue weighted by Crippen LogP contribution is 2.16. The SMILES string of the molecule is CCN(C)C(=O)C(C)n1cncc1[C@H](C)N. The molecular formula is C11H20N4O. The Hall–Kier alpha value is -1.36. The van der Waals surface area contributed by atoms with Crippen molar-refractivity contribution in [1.82, 2.24) is 14.5 Å². The van der Waals surface area contributed by atoms with Crippen LogP contribution in [0, 0.1) is 0 Å². The molecule has 0 spiro atoms. The summed E-state index contributed by atoms with van der Waals surface area (Å²) in [5, 5.41) is 0. The number of carbonyl (C=O) groups excluding carboxylic acids is 1. The van der Waals surface area contributed by atoms with Gasteiger partial charge in [0.25, 0.3) is 0 Å². The Labute approximate surface area is 96.3 Å². The molecule has 0 saturated carbocycles. The number of carbonyl (C=O) groups is 1. The van der Waals surface area contributed by atoms with Crippen LogP contribution in [-0.4, -0.2) is 34.0 Å². The van der Waals surface area contributed by atoms with E-state index in [1.54, 1.807) is 24.5 Å². The predicted octanol–water partition coefficient (Wildman–Crippen LogP) is 0.942. The van der Waals surface area contributed by atoms with Crippen molar-refractivity contribution in [3.63, 3.8) is 0 Å². The molecule has 1 aromatic heterocycles. The highest BCUT2D eigenvalue weighted by molar-refractivity contribution is 5.79. The third-order valence-corrected chi connectivity index (χ3v) is 2.79. The first-order valence-corrected chi connectivity index (χ1v) is 5.51. The van der Waals surface area contributed by atoms with Gasteiger partial charge < -0.3 is 15.2 Å². The summed E-state index contributed by atoms with van der Waals surface area (Å²) in [5.41, 5.74) is 6.70. The second kappa shape index (κ2) is 5.12. The first-order valence-electron chi connectivity index (χ1n) is 5.51. The fraction of sp³-hybridized carbons (Fsp3) is 0.636. The number of aromatic nitrogens is 2. The molecule has 5 heteroatoms. The van der Waals surface area contributed by atoms with Gasteiger partial charge >= 0.3 is 0 Å². The van der Waals surface area contributed by atoms with Crippen molar-refractivity contribution in [3.05, 3.63) is 18.2 Å². The lowest BCUT2D eigenvalue weighted by Crippen LogP contribution is -2.33. The average molecular weight is 224 g/mol. The number of nitrogens with two attached hydrogens (primary N) is 1. The lowest BCUT2D eigenvalue weighted by Gasteiger charge is -2.22. The number of nitrogens with zero attached hydrogens (tertiary/aromatic N) is 3. The summed E-state index contributed by atoms with van der Waals surface area (Å²) >= 11 is 0. The molecule has 1 rings (SSSR count). The van der Waals surface area contributed by atoms with E-state index in [2.05, 4.69) is 4.98 Å². The molecule has 1 amide bonds. The molecule has 5 nitrogen and oxygen atoms in total. The Kier molecular flexibility index (Phi) is 4.06. The van der Waals surface area contributed by atoms with Crippen molar-refractivity contribution < 1.29 is 4.79 Å². The Bertz CT molecular complexity index is 359. The summed E-state index contributed by atoms with van der Waals surface area (Å²) in [7, 11) is 1.79. The standard InChI is InChI=1S/C11H20N4O/c1-5-14(4)11(16)9(3)15-7-13-6-10(15)8(2)12/h6-9H,5,12H2,1-4H3/t8-,9?/m0/s1. The molecule has 2 N–H and O–H groups in total. The Morgan fingerprint density at radius 3 is 2.75 bits per heavy atom. The van der Waals surface area contributed by atoms with Crippen LogP contribution < -0.4 is 5.73 Å². The molecule has 0 bridgehead atoms. The maximum Gasteiger partial charge on any atom is 0.245 e. The largest absolute Gasteiger partial charge is 0.344 e. The van der Waals surface area contributed by atoms with Crippen LogP contribution in [0.5, 0.6) is 0 Å². The topological polar surface area (TPSA) is 64.2 Å². The van der Waals surface area contributed by atoms with Gasteiger partial charge in [0.2, 0.25) is 5.91 Å². The molecule has 1 aromatic rings. The molecule has 2 atom stereocenters. The average Bonchev–Trinajstić information content (AvgIpc) is 2.74.